The highest BCUT2D eigenvalue weighted by molar-refractivity contribution is 5.91. The summed E-state index contributed by atoms with van der Waals surface area (Å²) in [6.07, 6.45) is 3.50. The maximum Gasteiger partial charge on any atom is 0.225 e. The van der Waals surface area contributed by atoms with E-state index >= 15 is 0 Å². The molecule has 0 saturated heterocycles. The van der Waals surface area contributed by atoms with Crippen molar-refractivity contribution in [2.75, 3.05) is 5.32 Å². The molecule has 0 spiro atoms. The van der Waals surface area contributed by atoms with Crippen molar-refractivity contribution in [1.82, 2.24) is 20.1 Å². The van der Waals surface area contributed by atoms with Crippen molar-refractivity contribution >= 4 is 11.6 Å². The highest BCUT2D eigenvalue weighted by atomic mass is 16.1. The third-order valence-electron chi connectivity index (χ3n) is 4.46. The van der Waals surface area contributed by atoms with E-state index in [4.69, 9.17) is 0 Å². The van der Waals surface area contributed by atoms with Crippen LogP contribution in [0, 0.1) is 0 Å². The van der Waals surface area contributed by atoms with Gasteiger partial charge in [-0.15, -0.1) is 10.2 Å². The van der Waals surface area contributed by atoms with Gasteiger partial charge in [0.15, 0.2) is 0 Å². The topological polar surface area (TPSA) is 71.8 Å². The number of rotatable bonds is 7. The number of hydrogen-bond acceptors (Lipinski definition) is 4. The van der Waals surface area contributed by atoms with Gasteiger partial charge in [-0.05, 0) is 31.4 Å². The van der Waals surface area contributed by atoms with Crippen LogP contribution in [0.1, 0.15) is 43.9 Å². The molecule has 1 aliphatic rings. The molecule has 24 heavy (non-hydrogen) atoms. The van der Waals surface area contributed by atoms with Crippen molar-refractivity contribution < 1.29 is 4.79 Å². The molecule has 0 unspecified atom stereocenters. The third-order valence-corrected chi connectivity index (χ3v) is 4.46. The van der Waals surface area contributed by atoms with Crippen molar-refractivity contribution in [3.8, 4) is 0 Å². The monoisotopic (exact) mass is 327 g/mol. The van der Waals surface area contributed by atoms with Crippen molar-refractivity contribution in [2.45, 2.75) is 58.7 Å². The Balaban J connectivity index is 1.49. The number of anilines is 1. The molecule has 1 amide bonds. The highest BCUT2D eigenvalue weighted by Crippen LogP contribution is 2.16. The summed E-state index contributed by atoms with van der Waals surface area (Å²) in [5.41, 5.74) is 2.07. The molecule has 1 aromatic heterocycles. The summed E-state index contributed by atoms with van der Waals surface area (Å²) in [6.45, 7) is 5.76. The Hall–Kier alpha value is -2.21. The Morgan fingerprint density at radius 1 is 1.33 bits per heavy atom. The minimum atomic E-state index is 0.0300. The van der Waals surface area contributed by atoms with Gasteiger partial charge in [-0.2, -0.15) is 0 Å². The van der Waals surface area contributed by atoms with E-state index < -0.39 is 0 Å². The average Bonchev–Trinajstić information content (AvgIpc) is 3.17. The number of carbonyl (C=O) groups excluding carboxylic acids is 1. The lowest BCUT2D eigenvalue weighted by atomic mass is 10.1. The Bertz CT molecular complexity index is 709. The number of fused-ring (bicyclic) bond motifs is 1. The smallest absolute Gasteiger partial charge is 0.225 e. The summed E-state index contributed by atoms with van der Waals surface area (Å²) >= 11 is 0. The van der Waals surface area contributed by atoms with Crippen LogP contribution in [-0.2, 0) is 30.7 Å². The molecule has 6 heteroatoms. The largest absolute Gasteiger partial charge is 0.326 e. The maximum atomic E-state index is 12.3. The summed E-state index contributed by atoms with van der Waals surface area (Å²) in [7, 11) is 0. The van der Waals surface area contributed by atoms with E-state index in [2.05, 4.69) is 32.3 Å². The molecule has 2 aromatic rings. The van der Waals surface area contributed by atoms with E-state index in [1.807, 2.05) is 31.2 Å². The Morgan fingerprint density at radius 3 is 3.00 bits per heavy atom. The number of aryl methyl sites for hydroxylation is 2. The van der Waals surface area contributed by atoms with Crippen LogP contribution in [0.15, 0.2) is 24.3 Å². The Kier molecular flexibility index (Phi) is 5.25. The van der Waals surface area contributed by atoms with Gasteiger partial charge in [0.05, 0.1) is 6.54 Å². The number of nitrogens with one attached hydrogen (secondary N) is 2. The van der Waals surface area contributed by atoms with Crippen molar-refractivity contribution in [1.29, 1.82) is 0 Å². The predicted molar refractivity (Wildman–Crippen MR) is 93.7 cm³/mol. The lowest BCUT2D eigenvalue weighted by Gasteiger charge is -2.15. The van der Waals surface area contributed by atoms with Gasteiger partial charge in [-0.25, -0.2) is 0 Å². The van der Waals surface area contributed by atoms with Gasteiger partial charge < -0.3 is 15.2 Å². The summed E-state index contributed by atoms with van der Waals surface area (Å²) in [6, 6.07) is 8.02. The Labute approximate surface area is 142 Å². The van der Waals surface area contributed by atoms with E-state index in [1.165, 1.54) is 0 Å². The molecule has 2 N–H and O–H groups in total. The molecule has 0 fully saturated rings. The quantitative estimate of drug-likeness (QED) is 0.818. The molecular formula is C18H25N5O. The zero-order valence-electron chi connectivity index (χ0n) is 14.4. The van der Waals surface area contributed by atoms with E-state index in [9.17, 15) is 4.79 Å². The predicted octanol–water partition coefficient (Wildman–Crippen LogP) is 2.29. The molecule has 0 radical (unpaired) electrons. The van der Waals surface area contributed by atoms with Crippen molar-refractivity contribution in [3.05, 3.63) is 41.5 Å². The molecule has 6 nitrogen and oxygen atoms in total. The fraction of sp³-hybridized carbons (Fsp3) is 0.500. The minimum Gasteiger partial charge on any atom is -0.326 e. The maximum absolute atomic E-state index is 12.3. The molecule has 0 bridgehead atoms. The molecule has 3 rings (SSSR count). The molecular weight excluding hydrogens is 302 g/mol. The number of carbonyl (C=O) groups is 1. The first-order valence-corrected chi connectivity index (χ1v) is 8.69. The first-order chi connectivity index (χ1) is 11.7. The van der Waals surface area contributed by atoms with Gasteiger partial charge >= 0.3 is 0 Å². The number of benzene rings is 1. The van der Waals surface area contributed by atoms with E-state index in [1.54, 1.807) is 0 Å². The van der Waals surface area contributed by atoms with Crippen LogP contribution in [0.25, 0.3) is 0 Å². The summed E-state index contributed by atoms with van der Waals surface area (Å²) in [5, 5.41) is 14.8. The first kappa shape index (κ1) is 16.6. The third kappa shape index (κ3) is 3.82. The van der Waals surface area contributed by atoms with Crippen molar-refractivity contribution in [2.24, 2.45) is 0 Å². The molecule has 1 aliphatic heterocycles. The number of aromatic nitrogens is 3. The number of amides is 1. The van der Waals surface area contributed by atoms with Crippen LogP contribution in [0.2, 0.25) is 0 Å². The fourth-order valence-corrected chi connectivity index (χ4v) is 3.11. The van der Waals surface area contributed by atoms with E-state index in [-0.39, 0.29) is 11.9 Å². The van der Waals surface area contributed by atoms with Gasteiger partial charge in [0.25, 0.3) is 0 Å². The molecule has 2 heterocycles. The second kappa shape index (κ2) is 7.57. The van der Waals surface area contributed by atoms with Crippen LogP contribution < -0.4 is 10.6 Å². The zero-order chi connectivity index (χ0) is 16.9. The van der Waals surface area contributed by atoms with E-state index in [0.717, 1.165) is 48.7 Å². The summed E-state index contributed by atoms with van der Waals surface area (Å²) in [5.74, 6) is 2.07. The van der Waals surface area contributed by atoms with Crippen LogP contribution in [-0.4, -0.2) is 26.7 Å². The standard InChI is InChI=1S/C18H25N5O/c1-3-14-7-4-5-8-15(14)20-18(24)11-13(2)19-12-17-22-21-16-9-6-10-23(16)17/h4-5,7-8,13,19H,3,6,9-12H2,1-2H3,(H,20,24)/t13-/m1/s1. The normalized spacial score (nSPS) is 14.4. The molecule has 0 aliphatic carbocycles. The van der Waals surface area contributed by atoms with Crippen LogP contribution in [0.3, 0.4) is 0 Å². The molecule has 1 atom stereocenters. The number of hydrogen-bond donors (Lipinski definition) is 2. The minimum absolute atomic E-state index is 0.0300. The van der Waals surface area contributed by atoms with E-state index in [0.29, 0.717) is 13.0 Å². The number of para-hydroxylation sites is 1. The average molecular weight is 327 g/mol. The van der Waals surface area contributed by atoms with Gasteiger partial charge in [-0.1, -0.05) is 25.1 Å². The van der Waals surface area contributed by atoms with Crippen LogP contribution >= 0.6 is 0 Å². The summed E-state index contributed by atoms with van der Waals surface area (Å²) in [4.78, 5) is 12.3. The zero-order valence-corrected chi connectivity index (χ0v) is 14.4. The molecule has 0 saturated carbocycles. The lowest BCUT2D eigenvalue weighted by molar-refractivity contribution is -0.116. The second-order valence-electron chi connectivity index (χ2n) is 6.33. The van der Waals surface area contributed by atoms with Crippen LogP contribution in [0.5, 0.6) is 0 Å². The molecule has 128 valence electrons. The van der Waals surface area contributed by atoms with Crippen LogP contribution in [0.4, 0.5) is 5.69 Å². The first-order valence-electron chi connectivity index (χ1n) is 8.69. The fourth-order valence-electron chi connectivity index (χ4n) is 3.11. The van der Waals surface area contributed by atoms with Gasteiger partial charge in [-0.3, -0.25) is 4.79 Å². The van der Waals surface area contributed by atoms with Gasteiger partial charge in [0.1, 0.15) is 11.6 Å². The second-order valence-corrected chi connectivity index (χ2v) is 6.33. The van der Waals surface area contributed by atoms with Gasteiger partial charge in [0.2, 0.25) is 5.91 Å². The summed E-state index contributed by atoms with van der Waals surface area (Å²) < 4.78 is 2.18. The highest BCUT2D eigenvalue weighted by Gasteiger charge is 2.18. The number of nitrogens with zero attached hydrogens (tertiary/aromatic N) is 3. The van der Waals surface area contributed by atoms with Crippen molar-refractivity contribution in [3.63, 3.8) is 0 Å². The van der Waals surface area contributed by atoms with Gasteiger partial charge in [0, 0.05) is 31.1 Å². The lowest BCUT2D eigenvalue weighted by Crippen LogP contribution is -2.31. The molecule has 1 aromatic carbocycles. The SMILES string of the molecule is CCc1ccccc1NC(=O)C[C@@H](C)NCc1nnc2n1CCC2. The Morgan fingerprint density at radius 2 is 2.17 bits per heavy atom.